The van der Waals surface area contributed by atoms with E-state index in [9.17, 15) is 4.79 Å². The summed E-state index contributed by atoms with van der Waals surface area (Å²) < 4.78 is 0. The van der Waals surface area contributed by atoms with Crippen LogP contribution in [0.3, 0.4) is 0 Å². The van der Waals surface area contributed by atoms with Crippen molar-refractivity contribution in [2.75, 3.05) is 13.1 Å². The molecule has 1 atom stereocenters. The third-order valence-corrected chi connectivity index (χ3v) is 3.71. The van der Waals surface area contributed by atoms with Crippen molar-refractivity contribution in [3.8, 4) is 0 Å². The molecule has 1 amide bonds. The van der Waals surface area contributed by atoms with E-state index in [-0.39, 0.29) is 11.9 Å². The van der Waals surface area contributed by atoms with Crippen LogP contribution >= 0.6 is 0 Å². The largest absolute Gasteiger partial charge is 0.356 e. The van der Waals surface area contributed by atoms with E-state index in [1.807, 2.05) is 0 Å². The number of fused-ring (bicyclic) bond motifs is 1. The highest BCUT2D eigenvalue weighted by Crippen LogP contribution is 2.24. The lowest BCUT2D eigenvalue weighted by Gasteiger charge is -2.26. The van der Waals surface area contributed by atoms with Gasteiger partial charge in [0.1, 0.15) is 0 Å². The van der Waals surface area contributed by atoms with Gasteiger partial charge in [-0.3, -0.25) is 4.79 Å². The molecule has 2 N–H and O–H groups in total. The maximum atomic E-state index is 11.9. The molecule has 1 unspecified atom stereocenters. The summed E-state index contributed by atoms with van der Waals surface area (Å²) in [6.45, 7) is 3.94. The Hall–Kier alpha value is -1.35. The first-order chi connectivity index (χ1) is 9.31. The summed E-state index contributed by atoms with van der Waals surface area (Å²) in [6.07, 6.45) is 5.06. The van der Waals surface area contributed by atoms with Gasteiger partial charge < -0.3 is 10.6 Å². The van der Waals surface area contributed by atoms with Gasteiger partial charge in [0.05, 0.1) is 0 Å². The van der Waals surface area contributed by atoms with Crippen LogP contribution in [0.25, 0.3) is 0 Å². The highest BCUT2D eigenvalue weighted by molar-refractivity contribution is 5.76. The first-order valence-corrected chi connectivity index (χ1v) is 7.39. The summed E-state index contributed by atoms with van der Waals surface area (Å²) in [4.78, 5) is 11.9. The van der Waals surface area contributed by atoms with Crippen LogP contribution in [0.5, 0.6) is 0 Å². The molecule has 0 radical (unpaired) electrons. The average Bonchev–Trinajstić information content (AvgIpc) is 2.44. The normalized spacial score (nSPS) is 17.8. The smallest absolute Gasteiger partial charge is 0.221 e. The number of unbranched alkanes of at least 4 members (excludes halogenated alkanes) is 2. The summed E-state index contributed by atoms with van der Waals surface area (Å²) in [7, 11) is 0. The molecule has 2 rings (SSSR count). The van der Waals surface area contributed by atoms with Crippen molar-refractivity contribution in [2.24, 2.45) is 0 Å². The zero-order valence-corrected chi connectivity index (χ0v) is 11.7. The third kappa shape index (κ3) is 4.06. The molecule has 0 fully saturated rings. The standard InChI is InChI=1S/C16H24N2O/c1-2-3-6-10-18-16(19)12-15-14-8-5-4-7-13(14)9-11-17-15/h4-5,7-8,15,17H,2-3,6,9-12H2,1H3,(H,18,19). The monoisotopic (exact) mass is 260 g/mol. The summed E-state index contributed by atoms with van der Waals surface area (Å²) in [5.41, 5.74) is 2.67. The Balaban J connectivity index is 1.85. The zero-order valence-electron chi connectivity index (χ0n) is 11.7. The van der Waals surface area contributed by atoms with Gasteiger partial charge >= 0.3 is 0 Å². The van der Waals surface area contributed by atoms with Crippen molar-refractivity contribution in [3.05, 3.63) is 35.4 Å². The first-order valence-electron chi connectivity index (χ1n) is 7.39. The number of benzene rings is 1. The van der Waals surface area contributed by atoms with E-state index < -0.39 is 0 Å². The van der Waals surface area contributed by atoms with E-state index in [0.29, 0.717) is 6.42 Å². The van der Waals surface area contributed by atoms with Gasteiger partial charge in [-0.2, -0.15) is 0 Å². The van der Waals surface area contributed by atoms with E-state index in [0.717, 1.165) is 25.9 Å². The van der Waals surface area contributed by atoms with E-state index >= 15 is 0 Å². The Bertz CT molecular complexity index is 417. The van der Waals surface area contributed by atoms with Crippen molar-refractivity contribution >= 4 is 5.91 Å². The second-order valence-electron chi connectivity index (χ2n) is 5.22. The quantitative estimate of drug-likeness (QED) is 0.772. The van der Waals surface area contributed by atoms with Crippen molar-refractivity contribution < 1.29 is 4.79 Å². The highest BCUT2D eigenvalue weighted by atomic mass is 16.1. The topological polar surface area (TPSA) is 41.1 Å². The molecule has 104 valence electrons. The van der Waals surface area contributed by atoms with Gasteiger partial charge in [0.15, 0.2) is 0 Å². The summed E-state index contributed by atoms with van der Waals surface area (Å²) >= 11 is 0. The van der Waals surface area contributed by atoms with Crippen LogP contribution in [-0.2, 0) is 11.2 Å². The fraction of sp³-hybridized carbons (Fsp3) is 0.562. The average molecular weight is 260 g/mol. The SMILES string of the molecule is CCCCCNC(=O)CC1NCCc2ccccc21. The summed E-state index contributed by atoms with van der Waals surface area (Å²) in [5, 5.41) is 6.46. The lowest BCUT2D eigenvalue weighted by atomic mass is 9.92. The molecule has 1 aromatic rings. The van der Waals surface area contributed by atoms with Gasteiger partial charge in [0.2, 0.25) is 5.91 Å². The number of hydrogen-bond acceptors (Lipinski definition) is 2. The predicted molar refractivity (Wildman–Crippen MR) is 78.0 cm³/mol. The van der Waals surface area contributed by atoms with E-state index in [2.05, 4.69) is 41.8 Å². The van der Waals surface area contributed by atoms with Gasteiger partial charge in [-0.25, -0.2) is 0 Å². The molecular formula is C16H24N2O. The fourth-order valence-corrected chi connectivity index (χ4v) is 2.64. The number of nitrogens with one attached hydrogen (secondary N) is 2. The lowest BCUT2D eigenvalue weighted by Crippen LogP contribution is -2.35. The van der Waals surface area contributed by atoms with Crippen LogP contribution in [0.4, 0.5) is 0 Å². The van der Waals surface area contributed by atoms with Crippen LogP contribution in [0.2, 0.25) is 0 Å². The molecule has 0 aliphatic carbocycles. The number of carbonyl (C=O) groups is 1. The minimum atomic E-state index is 0.158. The Labute approximate surface area is 115 Å². The molecule has 3 nitrogen and oxygen atoms in total. The lowest BCUT2D eigenvalue weighted by molar-refractivity contribution is -0.121. The van der Waals surface area contributed by atoms with Crippen LogP contribution in [0.1, 0.15) is 49.8 Å². The Morgan fingerprint density at radius 1 is 1.37 bits per heavy atom. The molecule has 0 aromatic heterocycles. The second-order valence-corrected chi connectivity index (χ2v) is 5.22. The van der Waals surface area contributed by atoms with Gasteiger partial charge in [0, 0.05) is 19.0 Å². The minimum absolute atomic E-state index is 0.158. The van der Waals surface area contributed by atoms with Crippen molar-refractivity contribution in [1.82, 2.24) is 10.6 Å². The summed E-state index contributed by atoms with van der Waals surface area (Å²) in [6, 6.07) is 8.61. The number of rotatable bonds is 6. The molecule has 1 aliphatic heterocycles. The third-order valence-electron chi connectivity index (χ3n) is 3.71. The van der Waals surface area contributed by atoms with E-state index in [1.54, 1.807) is 0 Å². The molecule has 0 saturated heterocycles. The maximum absolute atomic E-state index is 11.9. The molecule has 0 bridgehead atoms. The Morgan fingerprint density at radius 3 is 3.05 bits per heavy atom. The zero-order chi connectivity index (χ0) is 13.5. The molecule has 1 aliphatic rings. The molecule has 19 heavy (non-hydrogen) atoms. The number of carbonyl (C=O) groups excluding carboxylic acids is 1. The van der Waals surface area contributed by atoms with Gasteiger partial charge in [0.25, 0.3) is 0 Å². The maximum Gasteiger partial charge on any atom is 0.221 e. The first kappa shape index (κ1) is 14.1. The second kappa shape index (κ2) is 7.29. The molecule has 0 saturated carbocycles. The highest BCUT2D eigenvalue weighted by Gasteiger charge is 2.21. The molecule has 1 heterocycles. The van der Waals surface area contributed by atoms with E-state index in [1.165, 1.54) is 24.0 Å². The van der Waals surface area contributed by atoms with Crippen LogP contribution < -0.4 is 10.6 Å². The summed E-state index contributed by atoms with van der Waals surface area (Å²) in [5.74, 6) is 0.158. The van der Waals surface area contributed by atoms with Gasteiger partial charge in [-0.1, -0.05) is 44.0 Å². The van der Waals surface area contributed by atoms with Crippen LogP contribution in [-0.4, -0.2) is 19.0 Å². The molecular weight excluding hydrogens is 236 g/mol. The number of hydrogen-bond donors (Lipinski definition) is 2. The van der Waals surface area contributed by atoms with Crippen molar-refractivity contribution in [3.63, 3.8) is 0 Å². The molecule has 1 aromatic carbocycles. The Morgan fingerprint density at radius 2 is 2.21 bits per heavy atom. The predicted octanol–water partition coefficient (Wildman–Crippen LogP) is 2.57. The molecule has 0 spiro atoms. The Kier molecular flexibility index (Phi) is 5.40. The fourth-order valence-electron chi connectivity index (χ4n) is 2.64. The van der Waals surface area contributed by atoms with E-state index in [4.69, 9.17) is 0 Å². The molecule has 3 heteroatoms. The van der Waals surface area contributed by atoms with Crippen LogP contribution in [0, 0.1) is 0 Å². The van der Waals surface area contributed by atoms with Crippen molar-refractivity contribution in [1.29, 1.82) is 0 Å². The van der Waals surface area contributed by atoms with Gasteiger partial charge in [-0.05, 0) is 30.5 Å². The van der Waals surface area contributed by atoms with Gasteiger partial charge in [-0.15, -0.1) is 0 Å². The van der Waals surface area contributed by atoms with Crippen molar-refractivity contribution in [2.45, 2.75) is 45.1 Å². The van der Waals surface area contributed by atoms with Crippen LogP contribution in [0.15, 0.2) is 24.3 Å². The minimum Gasteiger partial charge on any atom is -0.356 e. The number of amides is 1.